The number of ether oxygens (including phenoxy) is 1. The van der Waals surface area contributed by atoms with Gasteiger partial charge in [0.25, 0.3) is 0 Å². The molecule has 88 valence electrons. The van der Waals surface area contributed by atoms with Crippen molar-refractivity contribution >= 4 is 23.4 Å². The third-order valence-corrected chi connectivity index (χ3v) is 3.41. The van der Waals surface area contributed by atoms with Gasteiger partial charge in [-0.05, 0) is 24.5 Å². The first-order valence-electron chi connectivity index (χ1n) is 5.16. The van der Waals surface area contributed by atoms with Crippen LogP contribution >= 0.6 is 23.4 Å². The van der Waals surface area contributed by atoms with E-state index >= 15 is 0 Å². The van der Waals surface area contributed by atoms with Gasteiger partial charge in [0, 0.05) is 16.7 Å². The quantitative estimate of drug-likeness (QED) is 0.615. The number of thioether (sulfide) groups is 1. The molecule has 1 aromatic heterocycles. The maximum Gasteiger partial charge on any atom is 0.135 e. The SMILES string of the molecule is CSc1ccccc1OCc1cccnc1Cl. The second-order valence-electron chi connectivity index (χ2n) is 3.39. The van der Waals surface area contributed by atoms with E-state index in [-0.39, 0.29) is 0 Å². The molecule has 0 saturated heterocycles. The minimum atomic E-state index is 0.435. The van der Waals surface area contributed by atoms with Crippen LogP contribution in [-0.4, -0.2) is 11.2 Å². The summed E-state index contributed by atoms with van der Waals surface area (Å²) in [5.74, 6) is 0.875. The van der Waals surface area contributed by atoms with Gasteiger partial charge >= 0.3 is 0 Å². The van der Waals surface area contributed by atoms with Gasteiger partial charge in [0.15, 0.2) is 0 Å². The molecule has 1 heterocycles. The van der Waals surface area contributed by atoms with Crippen LogP contribution in [0.4, 0.5) is 0 Å². The average Bonchev–Trinajstić information content (AvgIpc) is 2.38. The zero-order valence-corrected chi connectivity index (χ0v) is 11.0. The van der Waals surface area contributed by atoms with Crippen LogP contribution in [0.25, 0.3) is 0 Å². The molecule has 0 saturated carbocycles. The number of hydrogen-bond donors (Lipinski definition) is 0. The van der Waals surface area contributed by atoms with Gasteiger partial charge in [-0.2, -0.15) is 0 Å². The number of para-hydroxylation sites is 1. The minimum Gasteiger partial charge on any atom is -0.488 e. The van der Waals surface area contributed by atoms with Crippen molar-refractivity contribution in [1.82, 2.24) is 4.98 Å². The number of pyridine rings is 1. The summed E-state index contributed by atoms with van der Waals surface area (Å²) in [5, 5.41) is 0.495. The third-order valence-electron chi connectivity index (χ3n) is 2.29. The molecule has 0 spiro atoms. The fourth-order valence-corrected chi connectivity index (χ4v) is 2.14. The topological polar surface area (TPSA) is 22.1 Å². The Labute approximate surface area is 110 Å². The van der Waals surface area contributed by atoms with Crippen LogP contribution in [0, 0.1) is 0 Å². The molecular formula is C13H12ClNOS. The zero-order chi connectivity index (χ0) is 12.1. The normalized spacial score (nSPS) is 10.2. The van der Waals surface area contributed by atoms with E-state index in [1.807, 2.05) is 42.7 Å². The summed E-state index contributed by atoms with van der Waals surface area (Å²) in [6.07, 6.45) is 3.70. The van der Waals surface area contributed by atoms with Crippen LogP contribution in [0.2, 0.25) is 5.15 Å². The summed E-state index contributed by atoms with van der Waals surface area (Å²) in [4.78, 5) is 5.13. The summed E-state index contributed by atoms with van der Waals surface area (Å²) in [7, 11) is 0. The van der Waals surface area contributed by atoms with E-state index in [0.717, 1.165) is 16.2 Å². The molecule has 0 radical (unpaired) electrons. The van der Waals surface area contributed by atoms with E-state index in [9.17, 15) is 0 Å². The lowest BCUT2D eigenvalue weighted by molar-refractivity contribution is 0.298. The maximum atomic E-state index is 5.97. The van der Waals surface area contributed by atoms with Crippen molar-refractivity contribution in [2.75, 3.05) is 6.26 Å². The number of hydrogen-bond acceptors (Lipinski definition) is 3. The molecular weight excluding hydrogens is 254 g/mol. The summed E-state index contributed by atoms with van der Waals surface area (Å²) in [6.45, 7) is 0.435. The molecule has 0 aliphatic heterocycles. The van der Waals surface area contributed by atoms with Gasteiger partial charge in [0.2, 0.25) is 0 Å². The molecule has 0 aliphatic carbocycles. The van der Waals surface area contributed by atoms with Gasteiger partial charge < -0.3 is 4.74 Å². The van der Waals surface area contributed by atoms with Crippen LogP contribution in [0.5, 0.6) is 5.75 Å². The Morgan fingerprint density at radius 1 is 1.24 bits per heavy atom. The van der Waals surface area contributed by atoms with E-state index in [1.54, 1.807) is 18.0 Å². The number of benzene rings is 1. The molecule has 0 amide bonds. The van der Waals surface area contributed by atoms with Crippen molar-refractivity contribution in [3.8, 4) is 5.75 Å². The molecule has 0 N–H and O–H groups in total. The fourth-order valence-electron chi connectivity index (χ4n) is 1.42. The lowest BCUT2D eigenvalue weighted by Crippen LogP contribution is -1.98. The molecule has 0 aliphatic rings. The molecule has 2 aromatic rings. The Morgan fingerprint density at radius 3 is 2.82 bits per heavy atom. The first kappa shape index (κ1) is 12.3. The highest BCUT2D eigenvalue weighted by Crippen LogP contribution is 2.28. The molecule has 17 heavy (non-hydrogen) atoms. The smallest absolute Gasteiger partial charge is 0.135 e. The number of halogens is 1. The van der Waals surface area contributed by atoms with Crippen molar-refractivity contribution in [3.63, 3.8) is 0 Å². The van der Waals surface area contributed by atoms with Crippen LogP contribution < -0.4 is 4.74 Å². The fraction of sp³-hybridized carbons (Fsp3) is 0.154. The van der Waals surface area contributed by atoms with Gasteiger partial charge in [-0.25, -0.2) is 4.98 Å². The van der Waals surface area contributed by atoms with E-state index in [4.69, 9.17) is 16.3 Å². The monoisotopic (exact) mass is 265 g/mol. The zero-order valence-electron chi connectivity index (χ0n) is 9.39. The second kappa shape index (κ2) is 5.94. The van der Waals surface area contributed by atoms with Crippen molar-refractivity contribution in [1.29, 1.82) is 0 Å². The largest absolute Gasteiger partial charge is 0.488 e. The Balaban J connectivity index is 2.10. The van der Waals surface area contributed by atoms with Crippen LogP contribution in [0.1, 0.15) is 5.56 Å². The first-order chi connectivity index (χ1) is 8.31. The third kappa shape index (κ3) is 3.14. The molecule has 4 heteroatoms. The first-order valence-corrected chi connectivity index (χ1v) is 6.76. The van der Waals surface area contributed by atoms with E-state index < -0.39 is 0 Å². The lowest BCUT2D eigenvalue weighted by Gasteiger charge is -2.10. The van der Waals surface area contributed by atoms with Gasteiger partial charge in [-0.1, -0.05) is 29.8 Å². The van der Waals surface area contributed by atoms with Crippen LogP contribution in [0.15, 0.2) is 47.5 Å². The standard InChI is InChI=1S/C13H12ClNOS/c1-17-12-7-3-2-6-11(12)16-9-10-5-4-8-15-13(10)14/h2-8H,9H2,1H3. The lowest BCUT2D eigenvalue weighted by atomic mass is 10.3. The highest BCUT2D eigenvalue weighted by molar-refractivity contribution is 7.98. The maximum absolute atomic E-state index is 5.97. The molecule has 0 unspecified atom stereocenters. The van der Waals surface area contributed by atoms with Crippen molar-refractivity contribution < 1.29 is 4.74 Å². The van der Waals surface area contributed by atoms with Crippen molar-refractivity contribution in [2.45, 2.75) is 11.5 Å². The van der Waals surface area contributed by atoms with Gasteiger partial charge in [-0.15, -0.1) is 11.8 Å². The van der Waals surface area contributed by atoms with E-state index in [2.05, 4.69) is 4.98 Å². The Morgan fingerprint density at radius 2 is 2.06 bits per heavy atom. The van der Waals surface area contributed by atoms with Gasteiger partial charge in [0.1, 0.15) is 17.5 Å². The van der Waals surface area contributed by atoms with Crippen LogP contribution in [0.3, 0.4) is 0 Å². The average molecular weight is 266 g/mol. The molecule has 2 rings (SSSR count). The van der Waals surface area contributed by atoms with E-state index in [0.29, 0.717) is 11.8 Å². The highest BCUT2D eigenvalue weighted by atomic mass is 35.5. The van der Waals surface area contributed by atoms with Gasteiger partial charge in [-0.3, -0.25) is 0 Å². The molecule has 0 fully saturated rings. The Kier molecular flexibility index (Phi) is 4.29. The van der Waals surface area contributed by atoms with Crippen molar-refractivity contribution in [2.24, 2.45) is 0 Å². The number of aromatic nitrogens is 1. The Bertz CT molecular complexity index is 504. The van der Waals surface area contributed by atoms with Crippen molar-refractivity contribution in [3.05, 3.63) is 53.3 Å². The molecule has 2 nitrogen and oxygen atoms in total. The van der Waals surface area contributed by atoms with Crippen LogP contribution in [-0.2, 0) is 6.61 Å². The second-order valence-corrected chi connectivity index (χ2v) is 4.60. The molecule has 1 aromatic carbocycles. The highest BCUT2D eigenvalue weighted by Gasteiger charge is 2.04. The summed E-state index contributed by atoms with van der Waals surface area (Å²) in [6, 6.07) is 11.7. The predicted molar refractivity (Wildman–Crippen MR) is 71.8 cm³/mol. The summed E-state index contributed by atoms with van der Waals surface area (Å²) >= 11 is 7.63. The minimum absolute atomic E-state index is 0.435. The Hall–Kier alpha value is -1.19. The summed E-state index contributed by atoms with van der Waals surface area (Å²) < 4.78 is 5.75. The molecule has 0 bridgehead atoms. The molecule has 0 atom stereocenters. The van der Waals surface area contributed by atoms with Gasteiger partial charge in [0.05, 0.1) is 0 Å². The number of nitrogens with zero attached hydrogens (tertiary/aromatic N) is 1. The number of rotatable bonds is 4. The predicted octanol–water partition coefficient (Wildman–Crippen LogP) is 4.04. The summed E-state index contributed by atoms with van der Waals surface area (Å²) in [5.41, 5.74) is 0.894. The van der Waals surface area contributed by atoms with E-state index in [1.165, 1.54) is 0 Å².